The Morgan fingerprint density at radius 1 is 1.32 bits per heavy atom. The Morgan fingerprint density at radius 3 is 2.87 bits per heavy atom. The molecule has 0 bridgehead atoms. The minimum atomic E-state index is -0.415. The Kier molecular flexibility index (Phi) is 6.30. The molecule has 9 nitrogen and oxygen atoms in total. The number of thiophene rings is 1. The molecule has 0 spiro atoms. The summed E-state index contributed by atoms with van der Waals surface area (Å²) >= 11 is 1.39. The standard InChI is InChI=1S/C21H25N5O4S/c1-13-23-14(2)26(24-13)12-18(28)25-8-10-30-16(11-25)19-15-5-3-4-6-17(15)31-20(19)21(29)22-7-9-27/h3-6,16,27H,7-12H2,1-2H3,(H,22,29)/t16-/m0/s1. The van der Waals surface area contributed by atoms with E-state index in [0.29, 0.717) is 36.2 Å². The number of aliphatic hydroxyl groups is 1. The number of carbonyl (C=O) groups is 2. The predicted octanol–water partition coefficient (Wildman–Crippen LogP) is 1.43. The molecule has 1 aromatic carbocycles. The topological polar surface area (TPSA) is 110 Å². The molecule has 164 valence electrons. The maximum atomic E-state index is 12.9. The van der Waals surface area contributed by atoms with Crippen LogP contribution in [0.5, 0.6) is 0 Å². The van der Waals surface area contributed by atoms with Crippen molar-refractivity contribution in [2.24, 2.45) is 0 Å². The smallest absolute Gasteiger partial charge is 0.261 e. The number of aromatic nitrogens is 3. The molecule has 1 saturated heterocycles. The van der Waals surface area contributed by atoms with Crippen molar-refractivity contribution in [3.63, 3.8) is 0 Å². The number of aliphatic hydroxyl groups excluding tert-OH is 1. The largest absolute Gasteiger partial charge is 0.395 e. The molecule has 3 aromatic rings. The summed E-state index contributed by atoms with van der Waals surface area (Å²) in [6, 6.07) is 7.79. The molecular formula is C21H25N5O4S. The lowest BCUT2D eigenvalue weighted by Crippen LogP contribution is -2.44. The van der Waals surface area contributed by atoms with Gasteiger partial charge in [-0.05, 0) is 25.3 Å². The number of hydrogen-bond acceptors (Lipinski definition) is 7. The molecule has 2 amide bonds. The molecule has 3 heterocycles. The zero-order chi connectivity index (χ0) is 22.0. The number of carbonyl (C=O) groups excluding carboxylic acids is 2. The van der Waals surface area contributed by atoms with E-state index < -0.39 is 6.10 Å². The van der Waals surface area contributed by atoms with Gasteiger partial charge in [0, 0.05) is 23.4 Å². The van der Waals surface area contributed by atoms with Crippen LogP contribution in [-0.4, -0.2) is 69.4 Å². The third-order valence-corrected chi connectivity index (χ3v) is 6.41. The Balaban J connectivity index is 1.59. The fourth-order valence-electron chi connectivity index (χ4n) is 3.79. The first-order chi connectivity index (χ1) is 15.0. The first-order valence-electron chi connectivity index (χ1n) is 10.2. The third kappa shape index (κ3) is 4.46. The molecule has 2 N–H and O–H groups in total. The third-order valence-electron chi connectivity index (χ3n) is 5.23. The van der Waals surface area contributed by atoms with Crippen LogP contribution < -0.4 is 5.32 Å². The van der Waals surface area contributed by atoms with Gasteiger partial charge in [0.15, 0.2) is 0 Å². The lowest BCUT2D eigenvalue weighted by molar-refractivity contribution is -0.139. The SMILES string of the molecule is Cc1nc(C)n(CC(=O)N2CCO[C@H](c3c(C(=O)NCCO)sc4ccccc34)C2)n1. The summed E-state index contributed by atoms with van der Waals surface area (Å²) in [7, 11) is 0. The molecule has 1 atom stereocenters. The number of nitrogens with zero attached hydrogens (tertiary/aromatic N) is 4. The molecule has 0 radical (unpaired) electrons. The van der Waals surface area contributed by atoms with Crippen LogP contribution in [-0.2, 0) is 16.1 Å². The van der Waals surface area contributed by atoms with E-state index in [0.717, 1.165) is 15.6 Å². The first kappa shape index (κ1) is 21.4. The number of benzene rings is 1. The Bertz CT molecular complexity index is 1110. The van der Waals surface area contributed by atoms with Crippen LogP contribution in [0.4, 0.5) is 0 Å². The van der Waals surface area contributed by atoms with Gasteiger partial charge >= 0.3 is 0 Å². The summed E-state index contributed by atoms with van der Waals surface area (Å²) in [6.07, 6.45) is -0.415. The molecule has 1 aliphatic heterocycles. The van der Waals surface area contributed by atoms with Gasteiger partial charge in [0.1, 0.15) is 24.3 Å². The van der Waals surface area contributed by atoms with Gasteiger partial charge in [0.25, 0.3) is 5.91 Å². The van der Waals surface area contributed by atoms with Crippen molar-refractivity contribution in [1.82, 2.24) is 25.0 Å². The highest BCUT2D eigenvalue weighted by Crippen LogP contribution is 2.38. The van der Waals surface area contributed by atoms with Gasteiger partial charge < -0.3 is 20.1 Å². The summed E-state index contributed by atoms with van der Waals surface area (Å²) in [6.45, 7) is 5.01. The van der Waals surface area contributed by atoms with Gasteiger partial charge in [-0.2, -0.15) is 5.10 Å². The second-order valence-electron chi connectivity index (χ2n) is 7.38. The van der Waals surface area contributed by atoms with Crippen LogP contribution in [0.1, 0.15) is 33.0 Å². The van der Waals surface area contributed by atoms with Crippen molar-refractivity contribution in [3.8, 4) is 0 Å². The summed E-state index contributed by atoms with van der Waals surface area (Å²) in [5.74, 6) is 1.02. The number of nitrogens with one attached hydrogen (secondary N) is 1. The lowest BCUT2D eigenvalue weighted by atomic mass is 10.0. The Hall–Kier alpha value is -2.82. The minimum Gasteiger partial charge on any atom is -0.395 e. The van der Waals surface area contributed by atoms with Gasteiger partial charge in [0.2, 0.25) is 5.91 Å². The maximum absolute atomic E-state index is 12.9. The van der Waals surface area contributed by atoms with Gasteiger partial charge in [0.05, 0.1) is 24.6 Å². The molecule has 2 aromatic heterocycles. The number of ether oxygens (including phenoxy) is 1. The van der Waals surface area contributed by atoms with Crippen LogP contribution >= 0.6 is 11.3 Å². The molecule has 4 rings (SSSR count). The normalized spacial score (nSPS) is 16.6. The fourth-order valence-corrected chi connectivity index (χ4v) is 4.96. The van der Waals surface area contributed by atoms with Gasteiger partial charge in [-0.3, -0.25) is 9.59 Å². The molecule has 10 heteroatoms. The number of amides is 2. The summed E-state index contributed by atoms with van der Waals surface area (Å²) in [4.78, 5) is 32.3. The predicted molar refractivity (Wildman–Crippen MR) is 116 cm³/mol. The highest BCUT2D eigenvalue weighted by atomic mass is 32.1. The minimum absolute atomic E-state index is 0.0629. The van der Waals surface area contributed by atoms with E-state index >= 15 is 0 Å². The number of fused-ring (bicyclic) bond motifs is 1. The first-order valence-corrected chi connectivity index (χ1v) is 11.0. The lowest BCUT2D eigenvalue weighted by Gasteiger charge is -2.33. The average molecular weight is 444 g/mol. The molecule has 31 heavy (non-hydrogen) atoms. The van der Waals surface area contributed by atoms with E-state index in [1.165, 1.54) is 11.3 Å². The van der Waals surface area contributed by atoms with Gasteiger partial charge in [-0.25, -0.2) is 9.67 Å². The van der Waals surface area contributed by atoms with Crippen LogP contribution in [0.25, 0.3) is 10.1 Å². The van der Waals surface area contributed by atoms with Crippen molar-refractivity contribution >= 4 is 33.2 Å². The van der Waals surface area contributed by atoms with Crippen LogP contribution in [0.15, 0.2) is 24.3 Å². The van der Waals surface area contributed by atoms with Gasteiger partial charge in [-0.1, -0.05) is 18.2 Å². The second kappa shape index (κ2) is 9.13. The monoisotopic (exact) mass is 443 g/mol. The number of aryl methyl sites for hydroxylation is 2. The highest BCUT2D eigenvalue weighted by Gasteiger charge is 2.31. The number of rotatable bonds is 6. The van der Waals surface area contributed by atoms with E-state index in [1.807, 2.05) is 31.2 Å². The Morgan fingerprint density at radius 2 is 2.13 bits per heavy atom. The maximum Gasteiger partial charge on any atom is 0.261 e. The zero-order valence-electron chi connectivity index (χ0n) is 17.5. The van der Waals surface area contributed by atoms with Crippen LogP contribution in [0.2, 0.25) is 0 Å². The van der Waals surface area contributed by atoms with Crippen molar-refractivity contribution in [1.29, 1.82) is 0 Å². The molecule has 0 saturated carbocycles. The van der Waals surface area contributed by atoms with E-state index in [1.54, 1.807) is 16.5 Å². The number of morpholine rings is 1. The van der Waals surface area contributed by atoms with E-state index in [2.05, 4.69) is 15.4 Å². The second-order valence-corrected chi connectivity index (χ2v) is 8.44. The Labute approximate surface area is 183 Å². The molecule has 0 unspecified atom stereocenters. The molecule has 0 aliphatic carbocycles. The number of hydrogen-bond donors (Lipinski definition) is 2. The van der Waals surface area contributed by atoms with Crippen LogP contribution in [0, 0.1) is 13.8 Å². The zero-order valence-corrected chi connectivity index (χ0v) is 18.3. The molecule has 1 fully saturated rings. The quantitative estimate of drug-likeness (QED) is 0.597. The summed E-state index contributed by atoms with van der Waals surface area (Å²) in [5, 5.41) is 17.0. The van der Waals surface area contributed by atoms with E-state index in [4.69, 9.17) is 9.84 Å². The van der Waals surface area contributed by atoms with Crippen molar-refractivity contribution in [2.45, 2.75) is 26.5 Å². The molecular weight excluding hydrogens is 418 g/mol. The van der Waals surface area contributed by atoms with E-state index in [-0.39, 0.29) is 31.5 Å². The van der Waals surface area contributed by atoms with Crippen molar-refractivity contribution < 1.29 is 19.4 Å². The summed E-state index contributed by atoms with van der Waals surface area (Å²) < 4.78 is 8.62. The summed E-state index contributed by atoms with van der Waals surface area (Å²) in [5.41, 5.74) is 0.793. The fraction of sp³-hybridized carbons (Fsp3) is 0.429. The molecule has 1 aliphatic rings. The van der Waals surface area contributed by atoms with Gasteiger partial charge in [-0.15, -0.1) is 11.3 Å². The van der Waals surface area contributed by atoms with Crippen molar-refractivity contribution in [2.75, 3.05) is 32.8 Å². The highest BCUT2D eigenvalue weighted by molar-refractivity contribution is 7.21. The average Bonchev–Trinajstić information content (AvgIpc) is 3.31. The van der Waals surface area contributed by atoms with E-state index in [9.17, 15) is 9.59 Å². The van der Waals surface area contributed by atoms with Crippen molar-refractivity contribution in [3.05, 3.63) is 46.4 Å². The van der Waals surface area contributed by atoms with Crippen LogP contribution in [0.3, 0.4) is 0 Å².